The van der Waals surface area contributed by atoms with Gasteiger partial charge in [-0.25, -0.2) is 4.57 Å². The summed E-state index contributed by atoms with van der Waals surface area (Å²) in [6, 6.07) is 0. The molecule has 8 heavy (non-hydrogen) atoms. The normalized spacial score (nSPS) is 10.4. The van der Waals surface area contributed by atoms with Crippen LogP contribution in [0, 0.1) is 0 Å². The predicted molar refractivity (Wildman–Crippen MR) is 23.8 cm³/mol. The fourth-order valence-electron chi connectivity index (χ4n) is 0.0745. The monoisotopic (exact) mass is 161 g/mol. The molecule has 0 aliphatic carbocycles. The first-order valence-corrected chi connectivity index (χ1v) is 3.06. The van der Waals surface area contributed by atoms with Gasteiger partial charge in [-0.05, 0) is 0 Å². The van der Waals surface area contributed by atoms with Gasteiger partial charge in [0.2, 0.25) is 0 Å². The number of halogens is 1. The lowest BCUT2D eigenvalue weighted by Crippen LogP contribution is -3.00. The van der Waals surface area contributed by atoms with Gasteiger partial charge in [0.15, 0.2) is 0 Å². The molecule has 0 fully saturated rings. The van der Waals surface area contributed by atoms with E-state index in [2.05, 4.69) is 9.05 Å². The van der Waals surface area contributed by atoms with Crippen LogP contribution in [0.1, 0.15) is 0 Å². The molecule has 0 aromatic carbocycles. The number of hydrogen-bond acceptors (Lipinski definition) is 3. The van der Waals surface area contributed by atoms with Gasteiger partial charge in [-0.2, -0.15) is 0 Å². The zero-order valence-electron chi connectivity index (χ0n) is 4.50. The third-order valence-electron chi connectivity index (χ3n) is 0.461. The molecule has 4 nitrogen and oxygen atoms in total. The van der Waals surface area contributed by atoms with E-state index in [0.29, 0.717) is 0 Å². The Hall–Kier alpha value is 0.400. The molecule has 0 bridgehead atoms. The van der Waals surface area contributed by atoms with E-state index in [1.165, 1.54) is 0 Å². The summed E-state index contributed by atoms with van der Waals surface area (Å²) >= 11 is 0. The van der Waals surface area contributed by atoms with Crippen molar-refractivity contribution in [3.8, 4) is 0 Å². The summed E-state index contributed by atoms with van der Waals surface area (Å²) in [4.78, 5) is 8.24. The van der Waals surface area contributed by atoms with Crippen LogP contribution in [0.2, 0.25) is 0 Å². The zero-order chi connectivity index (χ0) is 5.91. The summed E-state index contributed by atoms with van der Waals surface area (Å²) < 4.78 is 18.0. The van der Waals surface area contributed by atoms with Gasteiger partial charge in [-0.3, -0.25) is 9.05 Å². The minimum atomic E-state index is -3.65. The summed E-state index contributed by atoms with van der Waals surface area (Å²) in [5.74, 6) is 0. The molecule has 0 saturated carbocycles. The number of rotatable bonds is 2. The van der Waals surface area contributed by atoms with Crippen molar-refractivity contribution in [2.24, 2.45) is 0 Å². The fraction of sp³-hybridized carbons (Fsp3) is 1.00. The maximum absolute atomic E-state index is 10.1. The summed E-state index contributed by atoms with van der Waals surface area (Å²) in [7, 11) is -1.45. The van der Waals surface area contributed by atoms with Crippen LogP contribution in [-0.2, 0) is 13.6 Å². The van der Waals surface area contributed by atoms with Gasteiger partial charge in [-0.1, -0.05) is 0 Å². The van der Waals surface area contributed by atoms with Crippen molar-refractivity contribution in [1.29, 1.82) is 0 Å². The average Bonchev–Trinajstić information content (AvgIpc) is 1.68. The zero-order valence-corrected chi connectivity index (χ0v) is 6.15. The Kier molecular flexibility index (Phi) is 6.03. The minimum Gasteiger partial charge on any atom is -1.00 e. The molecule has 0 aliphatic heterocycles. The molecule has 0 aromatic heterocycles. The van der Waals surface area contributed by atoms with Crippen molar-refractivity contribution in [1.82, 2.24) is 0 Å². The SMILES string of the molecule is COP(=O)(O)OC.[Cl-]. The van der Waals surface area contributed by atoms with Crippen molar-refractivity contribution < 1.29 is 30.9 Å². The molecular weight excluding hydrogens is 154 g/mol. The number of phosphoric ester groups is 1. The first-order valence-electron chi connectivity index (χ1n) is 1.56. The van der Waals surface area contributed by atoms with Crippen LogP contribution >= 0.6 is 7.82 Å². The smallest absolute Gasteiger partial charge is 0.471 e. The van der Waals surface area contributed by atoms with Crippen LogP contribution in [-0.4, -0.2) is 19.1 Å². The second-order valence-corrected chi connectivity index (χ2v) is 2.50. The molecular formula is C2H7ClO4P-. The van der Waals surface area contributed by atoms with Gasteiger partial charge >= 0.3 is 7.82 Å². The quantitative estimate of drug-likeness (QED) is 0.451. The van der Waals surface area contributed by atoms with Crippen molar-refractivity contribution in [2.75, 3.05) is 14.2 Å². The molecule has 0 atom stereocenters. The van der Waals surface area contributed by atoms with Crippen LogP contribution < -0.4 is 12.4 Å². The van der Waals surface area contributed by atoms with Crippen molar-refractivity contribution in [2.45, 2.75) is 0 Å². The third-order valence-corrected chi connectivity index (χ3v) is 1.38. The molecule has 0 aliphatic rings. The minimum absolute atomic E-state index is 0. The van der Waals surface area contributed by atoms with Gasteiger partial charge in [0, 0.05) is 14.2 Å². The van der Waals surface area contributed by atoms with Crippen LogP contribution in [0.3, 0.4) is 0 Å². The van der Waals surface area contributed by atoms with E-state index in [-0.39, 0.29) is 12.4 Å². The topological polar surface area (TPSA) is 55.8 Å². The maximum atomic E-state index is 10.1. The van der Waals surface area contributed by atoms with E-state index in [1.807, 2.05) is 0 Å². The molecule has 52 valence electrons. The van der Waals surface area contributed by atoms with Crippen LogP contribution in [0.5, 0.6) is 0 Å². The molecule has 0 radical (unpaired) electrons. The van der Waals surface area contributed by atoms with Crippen LogP contribution in [0.4, 0.5) is 0 Å². The molecule has 0 spiro atoms. The Bertz CT molecular complexity index is 86.0. The van der Waals surface area contributed by atoms with Gasteiger partial charge in [-0.15, -0.1) is 0 Å². The molecule has 0 heterocycles. The second kappa shape index (κ2) is 4.30. The predicted octanol–water partition coefficient (Wildman–Crippen LogP) is -2.62. The molecule has 0 unspecified atom stereocenters. The van der Waals surface area contributed by atoms with E-state index in [9.17, 15) is 4.57 Å². The maximum Gasteiger partial charge on any atom is 0.471 e. The Morgan fingerprint density at radius 1 is 1.38 bits per heavy atom. The van der Waals surface area contributed by atoms with E-state index >= 15 is 0 Å². The summed E-state index contributed by atoms with van der Waals surface area (Å²) in [5, 5.41) is 0. The highest BCUT2D eigenvalue weighted by Gasteiger charge is 2.13. The van der Waals surface area contributed by atoms with Crippen LogP contribution in [0.15, 0.2) is 0 Å². The Morgan fingerprint density at radius 2 is 1.62 bits per heavy atom. The molecule has 1 N–H and O–H groups in total. The van der Waals surface area contributed by atoms with E-state index < -0.39 is 7.82 Å². The van der Waals surface area contributed by atoms with Gasteiger partial charge in [0.05, 0.1) is 0 Å². The molecule has 6 heteroatoms. The average molecular weight is 162 g/mol. The number of hydrogen-bond donors (Lipinski definition) is 1. The summed E-state index contributed by atoms with van der Waals surface area (Å²) in [6.07, 6.45) is 0. The van der Waals surface area contributed by atoms with Gasteiger partial charge < -0.3 is 17.3 Å². The van der Waals surface area contributed by atoms with E-state index in [0.717, 1.165) is 14.2 Å². The Balaban J connectivity index is 0. The standard InChI is InChI=1S/C2H7O4P.ClH/c1-5-7(3,4)6-2;/h1-2H3,(H,3,4);1H/p-1. The van der Waals surface area contributed by atoms with E-state index in [1.54, 1.807) is 0 Å². The number of phosphoric acid groups is 1. The first kappa shape index (κ1) is 11.2. The first-order chi connectivity index (χ1) is 3.12. The molecule has 0 rings (SSSR count). The van der Waals surface area contributed by atoms with Crippen molar-refractivity contribution in [3.05, 3.63) is 0 Å². The van der Waals surface area contributed by atoms with Crippen molar-refractivity contribution >= 4 is 7.82 Å². The highest BCUT2D eigenvalue weighted by atomic mass is 35.5. The lowest BCUT2D eigenvalue weighted by atomic mass is 11.8. The Labute approximate surface area is 53.8 Å². The summed E-state index contributed by atoms with van der Waals surface area (Å²) in [5.41, 5.74) is 0. The Morgan fingerprint density at radius 3 is 1.62 bits per heavy atom. The summed E-state index contributed by atoms with van der Waals surface area (Å²) in [6.45, 7) is 0. The third kappa shape index (κ3) is 4.56. The highest BCUT2D eigenvalue weighted by molar-refractivity contribution is 7.47. The largest absolute Gasteiger partial charge is 1.00 e. The lowest BCUT2D eigenvalue weighted by Gasteiger charge is -2.01. The lowest BCUT2D eigenvalue weighted by molar-refractivity contribution is -0.00000854. The van der Waals surface area contributed by atoms with Crippen LogP contribution in [0.25, 0.3) is 0 Å². The molecule has 0 amide bonds. The van der Waals surface area contributed by atoms with Gasteiger partial charge in [0.25, 0.3) is 0 Å². The molecule has 0 aromatic rings. The fourth-order valence-corrected chi connectivity index (χ4v) is 0.224. The van der Waals surface area contributed by atoms with Crippen molar-refractivity contribution in [3.63, 3.8) is 0 Å². The second-order valence-electron chi connectivity index (χ2n) is 0.834. The molecule has 0 saturated heterocycles. The van der Waals surface area contributed by atoms with Gasteiger partial charge in [0.1, 0.15) is 0 Å². The van der Waals surface area contributed by atoms with E-state index in [4.69, 9.17) is 4.89 Å². The highest BCUT2D eigenvalue weighted by Crippen LogP contribution is 2.40.